The topological polar surface area (TPSA) is 75.2 Å². The zero-order valence-corrected chi connectivity index (χ0v) is 16.5. The maximum Gasteiger partial charge on any atom is 0.217 e. The Hall–Kier alpha value is -2.41. The Morgan fingerprint density at radius 3 is 2.75 bits per heavy atom. The largest absolute Gasteiger partial charge is 0.439 e. The number of aryl methyl sites for hydroxylation is 1. The maximum absolute atomic E-state index is 6.23. The van der Waals surface area contributed by atoms with Gasteiger partial charge in [-0.1, -0.05) is 17.7 Å². The average molecular weight is 399 g/mol. The molecule has 1 aromatic carbocycles. The molecule has 0 amide bonds. The number of pyridine rings is 1. The molecule has 4 rings (SSSR count). The van der Waals surface area contributed by atoms with Gasteiger partial charge in [-0.25, -0.2) is 4.68 Å². The van der Waals surface area contributed by atoms with E-state index in [1.807, 2.05) is 37.4 Å². The van der Waals surface area contributed by atoms with Crippen LogP contribution in [0.1, 0.15) is 30.0 Å². The molecule has 0 saturated carbocycles. The van der Waals surface area contributed by atoms with Gasteiger partial charge in [0.1, 0.15) is 5.75 Å². The molecule has 1 aliphatic heterocycles. The van der Waals surface area contributed by atoms with Crippen LogP contribution in [0.3, 0.4) is 0 Å². The second-order valence-corrected chi connectivity index (χ2v) is 7.35. The van der Waals surface area contributed by atoms with Crippen molar-refractivity contribution in [1.29, 1.82) is 0 Å². The number of halogens is 1. The summed E-state index contributed by atoms with van der Waals surface area (Å²) in [6.07, 6.45) is 3.74. The lowest BCUT2D eigenvalue weighted by atomic mass is 9.97. The summed E-state index contributed by atoms with van der Waals surface area (Å²) < 4.78 is 13.4. The lowest BCUT2D eigenvalue weighted by Gasteiger charge is -2.19. The van der Waals surface area contributed by atoms with Gasteiger partial charge in [0.05, 0.1) is 11.4 Å². The smallest absolute Gasteiger partial charge is 0.217 e. The molecule has 0 atom stereocenters. The van der Waals surface area contributed by atoms with E-state index in [0.29, 0.717) is 29.1 Å². The van der Waals surface area contributed by atoms with Crippen LogP contribution in [0.5, 0.6) is 11.6 Å². The first-order valence-electron chi connectivity index (χ1n) is 9.38. The molecule has 0 aliphatic carbocycles. The molecule has 3 aromatic rings. The molecular formula is C21H23ClN4O2. The van der Waals surface area contributed by atoms with Crippen LogP contribution in [0.2, 0.25) is 5.02 Å². The second kappa shape index (κ2) is 8.31. The quantitative estimate of drug-likeness (QED) is 0.694. The van der Waals surface area contributed by atoms with E-state index in [0.717, 1.165) is 48.6 Å². The molecule has 6 nitrogen and oxygen atoms in total. The molecule has 2 N–H and O–H groups in total. The summed E-state index contributed by atoms with van der Waals surface area (Å²) in [6.45, 7) is 2.02. The van der Waals surface area contributed by atoms with E-state index in [1.54, 1.807) is 16.9 Å². The highest BCUT2D eigenvalue weighted by molar-refractivity contribution is 6.30. The molecule has 28 heavy (non-hydrogen) atoms. The molecule has 146 valence electrons. The molecule has 0 radical (unpaired) electrons. The zero-order valence-electron chi connectivity index (χ0n) is 15.8. The van der Waals surface area contributed by atoms with Gasteiger partial charge in [-0.05, 0) is 36.6 Å². The van der Waals surface area contributed by atoms with Crippen molar-refractivity contribution >= 4 is 11.6 Å². The number of hydrogen-bond donors (Lipinski definition) is 1. The molecule has 2 aromatic heterocycles. The molecule has 7 heteroatoms. The average Bonchev–Trinajstić information content (AvgIpc) is 3.09. The highest BCUT2D eigenvalue weighted by Gasteiger charge is 2.21. The van der Waals surface area contributed by atoms with Crippen molar-refractivity contribution in [3.8, 4) is 22.9 Å². The van der Waals surface area contributed by atoms with Crippen LogP contribution in [0.15, 0.2) is 42.6 Å². The van der Waals surface area contributed by atoms with E-state index >= 15 is 0 Å². The first-order chi connectivity index (χ1) is 13.6. The summed E-state index contributed by atoms with van der Waals surface area (Å²) in [4.78, 5) is 4.51. The molecule has 0 unspecified atom stereocenters. The van der Waals surface area contributed by atoms with E-state index in [2.05, 4.69) is 10.1 Å². The van der Waals surface area contributed by atoms with Crippen molar-refractivity contribution in [3.05, 3.63) is 58.9 Å². The van der Waals surface area contributed by atoms with E-state index in [-0.39, 0.29) is 0 Å². The Morgan fingerprint density at radius 1 is 1.21 bits per heavy atom. The minimum Gasteiger partial charge on any atom is -0.439 e. The van der Waals surface area contributed by atoms with Crippen molar-refractivity contribution in [3.63, 3.8) is 0 Å². The van der Waals surface area contributed by atoms with E-state index < -0.39 is 0 Å². The SMILES string of the molecule is Cn1nc(C2CCOCC2)cc1Oc1cc(Cl)ccc1-c1ccc(CN)cn1. The second-order valence-electron chi connectivity index (χ2n) is 6.92. The monoisotopic (exact) mass is 398 g/mol. The minimum absolute atomic E-state index is 0.404. The van der Waals surface area contributed by atoms with Crippen LogP contribution in [0.25, 0.3) is 11.3 Å². The van der Waals surface area contributed by atoms with E-state index in [9.17, 15) is 0 Å². The Labute approximate surface area is 169 Å². The van der Waals surface area contributed by atoms with Crippen molar-refractivity contribution in [2.75, 3.05) is 13.2 Å². The lowest BCUT2D eigenvalue weighted by molar-refractivity contribution is 0.0844. The van der Waals surface area contributed by atoms with Crippen LogP contribution in [-0.4, -0.2) is 28.0 Å². The van der Waals surface area contributed by atoms with Crippen molar-refractivity contribution in [2.45, 2.75) is 25.3 Å². The Bertz CT molecular complexity index is 950. The Balaban J connectivity index is 1.64. The summed E-state index contributed by atoms with van der Waals surface area (Å²) >= 11 is 6.23. The molecule has 0 bridgehead atoms. The van der Waals surface area contributed by atoms with Gasteiger partial charge in [0.15, 0.2) is 0 Å². The summed E-state index contributed by atoms with van der Waals surface area (Å²) in [7, 11) is 1.89. The minimum atomic E-state index is 0.404. The number of hydrogen-bond acceptors (Lipinski definition) is 5. The van der Waals surface area contributed by atoms with Gasteiger partial charge in [0.25, 0.3) is 0 Å². The zero-order chi connectivity index (χ0) is 19.5. The van der Waals surface area contributed by atoms with Crippen molar-refractivity contribution in [1.82, 2.24) is 14.8 Å². The molecular weight excluding hydrogens is 376 g/mol. The third-order valence-electron chi connectivity index (χ3n) is 4.99. The third-order valence-corrected chi connectivity index (χ3v) is 5.23. The highest BCUT2D eigenvalue weighted by atomic mass is 35.5. The van der Waals surface area contributed by atoms with Gasteiger partial charge in [0, 0.05) is 61.6 Å². The number of ether oxygens (including phenoxy) is 2. The molecule has 1 aliphatic rings. The van der Waals surface area contributed by atoms with Crippen LogP contribution in [0, 0.1) is 0 Å². The predicted molar refractivity (Wildman–Crippen MR) is 109 cm³/mol. The highest BCUT2D eigenvalue weighted by Crippen LogP contribution is 2.36. The first-order valence-corrected chi connectivity index (χ1v) is 9.76. The van der Waals surface area contributed by atoms with Gasteiger partial charge in [-0.2, -0.15) is 5.10 Å². The molecule has 1 fully saturated rings. The summed E-state index contributed by atoms with van der Waals surface area (Å²) in [6, 6.07) is 11.5. The van der Waals surface area contributed by atoms with Crippen LogP contribution in [-0.2, 0) is 18.3 Å². The third kappa shape index (κ3) is 4.04. The van der Waals surface area contributed by atoms with Crippen molar-refractivity contribution in [2.24, 2.45) is 12.8 Å². The summed E-state index contributed by atoms with van der Waals surface area (Å²) in [5, 5.41) is 5.25. The summed E-state index contributed by atoms with van der Waals surface area (Å²) in [5.41, 5.74) is 9.35. The molecule has 0 spiro atoms. The first kappa shape index (κ1) is 18.9. The maximum atomic E-state index is 6.23. The van der Waals surface area contributed by atoms with Crippen LogP contribution in [0.4, 0.5) is 0 Å². The fourth-order valence-corrected chi connectivity index (χ4v) is 3.53. The Morgan fingerprint density at radius 2 is 2.04 bits per heavy atom. The fraction of sp³-hybridized carbons (Fsp3) is 0.333. The number of benzene rings is 1. The predicted octanol–water partition coefficient (Wildman–Crippen LogP) is 4.28. The van der Waals surface area contributed by atoms with Gasteiger partial charge >= 0.3 is 0 Å². The number of nitrogens with zero attached hydrogens (tertiary/aromatic N) is 3. The van der Waals surface area contributed by atoms with Gasteiger partial charge in [-0.3, -0.25) is 4.98 Å². The number of rotatable bonds is 5. The van der Waals surface area contributed by atoms with Crippen LogP contribution >= 0.6 is 11.6 Å². The van der Waals surface area contributed by atoms with Crippen LogP contribution < -0.4 is 10.5 Å². The van der Waals surface area contributed by atoms with Gasteiger partial charge < -0.3 is 15.2 Å². The molecule has 3 heterocycles. The Kier molecular flexibility index (Phi) is 5.62. The van der Waals surface area contributed by atoms with Gasteiger partial charge in [-0.15, -0.1) is 0 Å². The van der Waals surface area contributed by atoms with Gasteiger partial charge in [0.2, 0.25) is 5.88 Å². The van der Waals surface area contributed by atoms with Crippen molar-refractivity contribution < 1.29 is 9.47 Å². The molecule has 1 saturated heterocycles. The standard InChI is InChI=1S/C21H23ClN4O2/c1-26-21(11-19(25-26)15-6-8-27-9-7-15)28-20-10-16(22)3-4-17(20)18-5-2-14(12-23)13-24-18/h2-5,10-11,13,15H,6-9,12,23H2,1H3. The normalized spacial score (nSPS) is 15.0. The summed E-state index contributed by atoms with van der Waals surface area (Å²) in [5.74, 6) is 1.72. The lowest BCUT2D eigenvalue weighted by Crippen LogP contribution is -2.14. The number of nitrogens with two attached hydrogens (primary N) is 1. The van der Waals surface area contributed by atoms with E-state index in [1.165, 1.54) is 0 Å². The van der Waals surface area contributed by atoms with E-state index in [4.69, 9.17) is 26.8 Å². The fourth-order valence-electron chi connectivity index (χ4n) is 3.37. The number of aromatic nitrogens is 3.